The third kappa shape index (κ3) is 4.28. The van der Waals surface area contributed by atoms with Crippen LogP contribution in [0.3, 0.4) is 0 Å². The lowest BCUT2D eigenvalue weighted by atomic mass is 9.47. The van der Waals surface area contributed by atoms with E-state index in [0.717, 1.165) is 30.6 Å². The Kier molecular flexibility index (Phi) is 6.56. The summed E-state index contributed by atoms with van der Waals surface area (Å²) >= 11 is 0. The monoisotopic (exact) mass is 492 g/mol. The van der Waals surface area contributed by atoms with Gasteiger partial charge >= 0.3 is 0 Å². The maximum atomic E-state index is 10.3. The molecule has 37 heavy (non-hydrogen) atoms. The summed E-state index contributed by atoms with van der Waals surface area (Å²) in [7, 11) is 0. The molecule has 0 heterocycles. The Balaban J connectivity index is 1.28. The van der Waals surface area contributed by atoms with Gasteiger partial charge in [0.1, 0.15) is 0 Å². The second-order valence-corrected chi connectivity index (χ2v) is 13.1. The fraction of sp³-hybridized carbons (Fsp3) is 0.500. The van der Waals surface area contributed by atoms with Gasteiger partial charge in [-0.05, 0) is 109 Å². The second kappa shape index (κ2) is 9.73. The summed E-state index contributed by atoms with van der Waals surface area (Å²) in [6.07, 6.45) is 17.0. The van der Waals surface area contributed by atoms with Gasteiger partial charge in [0.05, 0.1) is 6.10 Å². The molecule has 0 aromatic heterocycles. The second-order valence-electron chi connectivity index (χ2n) is 13.1. The van der Waals surface area contributed by atoms with Crippen molar-refractivity contribution >= 4 is 5.57 Å². The van der Waals surface area contributed by atoms with Gasteiger partial charge in [0, 0.05) is 0 Å². The van der Waals surface area contributed by atoms with E-state index in [2.05, 4.69) is 99.7 Å². The number of aliphatic hydroxyl groups excluding tert-OH is 1. The van der Waals surface area contributed by atoms with Crippen LogP contribution in [0.5, 0.6) is 0 Å². The van der Waals surface area contributed by atoms with E-state index >= 15 is 0 Å². The topological polar surface area (TPSA) is 20.2 Å². The fourth-order valence-corrected chi connectivity index (χ4v) is 9.32. The van der Waals surface area contributed by atoms with Gasteiger partial charge in [0.15, 0.2) is 0 Å². The first-order valence-corrected chi connectivity index (χ1v) is 14.8. The maximum absolute atomic E-state index is 10.3. The summed E-state index contributed by atoms with van der Waals surface area (Å²) in [5.74, 6) is 3.13. The molecule has 1 nitrogen and oxygen atoms in total. The molecule has 0 saturated heterocycles. The average molecular weight is 493 g/mol. The third-order valence-corrected chi connectivity index (χ3v) is 11.3. The minimum Gasteiger partial charge on any atom is -0.393 e. The van der Waals surface area contributed by atoms with Crippen LogP contribution in [0.2, 0.25) is 0 Å². The van der Waals surface area contributed by atoms with E-state index in [-0.39, 0.29) is 6.10 Å². The minimum absolute atomic E-state index is 0.113. The lowest BCUT2D eigenvalue weighted by Crippen LogP contribution is -2.50. The van der Waals surface area contributed by atoms with Crippen LogP contribution >= 0.6 is 0 Å². The van der Waals surface area contributed by atoms with Crippen LogP contribution in [-0.4, -0.2) is 11.2 Å². The van der Waals surface area contributed by atoms with E-state index in [4.69, 9.17) is 0 Å². The minimum atomic E-state index is -0.113. The molecule has 3 saturated carbocycles. The molecule has 6 rings (SSSR count). The first-order valence-electron chi connectivity index (χ1n) is 14.8. The van der Waals surface area contributed by atoms with Crippen LogP contribution in [-0.2, 0) is 0 Å². The van der Waals surface area contributed by atoms with Crippen LogP contribution in [0.1, 0.15) is 83.3 Å². The molecule has 2 aromatic carbocycles. The molecule has 194 valence electrons. The van der Waals surface area contributed by atoms with E-state index in [1.165, 1.54) is 55.2 Å². The molecule has 0 unspecified atom stereocenters. The van der Waals surface area contributed by atoms with Gasteiger partial charge in [0.25, 0.3) is 0 Å². The van der Waals surface area contributed by atoms with Crippen molar-refractivity contribution in [3.63, 3.8) is 0 Å². The number of hydrogen-bond acceptors (Lipinski definition) is 1. The van der Waals surface area contributed by atoms with Crippen molar-refractivity contribution in [2.45, 2.75) is 78.2 Å². The molecule has 4 aliphatic carbocycles. The van der Waals surface area contributed by atoms with Gasteiger partial charge < -0.3 is 5.11 Å². The molecule has 7 atom stereocenters. The molecular formula is C36H44O. The average Bonchev–Trinajstić information content (AvgIpc) is 3.28. The van der Waals surface area contributed by atoms with Gasteiger partial charge in [-0.1, -0.05) is 104 Å². The standard InChI is InChI=1S/C36H44O/c1-25(14-16-30(26-10-6-4-7-11-26)27-12-8-5-9-13-27)32-18-19-33-31-17-15-28-24-29(37)20-22-35(28,2)34(31)21-23-36(32,33)3/h4-16,29,31-34,37H,17-24H2,1-3H3/b25-14-/t29-,31+,32+,33-,34+,35+,36-/m1/s1. The number of fused-ring (bicyclic) bond motifs is 5. The summed E-state index contributed by atoms with van der Waals surface area (Å²) in [5, 5.41) is 10.3. The van der Waals surface area contributed by atoms with Crippen LogP contribution in [0.15, 0.2) is 90.0 Å². The Bertz CT molecular complexity index is 1160. The highest BCUT2D eigenvalue weighted by atomic mass is 16.3. The lowest BCUT2D eigenvalue weighted by Gasteiger charge is -2.58. The Morgan fingerprint density at radius 1 is 0.811 bits per heavy atom. The summed E-state index contributed by atoms with van der Waals surface area (Å²) < 4.78 is 0. The zero-order chi connectivity index (χ0) is 25.6. The number of aliphatic hydroxyl groups is 1. The molecular weight excluding hydrogens is 448 g/mol. The summed E-state index contributed by atoms with van der Waals surface area (Å²) in [6.45, 7) is 7.58. The van der Waals surface area contributed by atoms with E-state index in [1.807, 2.05) is 0 Å². The van der Waals surface area contributed by atoms with Crippen LogP contribution in [0.25, 0.3) is 5.57 Å². The smallest absolute Gasteiger partial charge is 0.0577 e. The zero-order valence-electron chi connectivity index (χ0n) is 23.0. The van der Waals surface area contributed by atoms with E-state index in [9.17, 15) is 5.11 Å². The van der Waals surface area contributed by atoms with Crippen molar-refractivity contribution in [1.82, 2.24) is 0 Å². The summed E-state index contributed by atoms with van der Waals surface area (Å²) in [4.78, 5) is 0. The number of hydrogen-bond donors (Lipinski definition) is 1. The number of allylic oxidation sites excluding steroid dienone is 4. The number of benzene rings is 2. The van der Waals surface area contributed by atoms with E-state index < -0.39 is 0 Å². The Morgan fingerprint density at radius 2 is 1.49 bits per heavy atom. The third-order valence-electron chi connectivity index (χ3n) is 11.3. The zero-order valence-corrected chi connectivity index (χ0v) is 23.0. The summed E-state index contributed by atoms with van der Waals surface area (Å²) in [5.41, 5.74) is 7.75. The molecule has 0 spiro atoms. The van der Waals surface area contributed by atoms with Crippen LogP contribution < -0.4 is 0 Å². The molecule has 0 bridgehead atoms. The van der Waals surface area contributed by atoms with Crippen molar-refractivity contribution < 1.29 is 5.11 Å². The highest BCUT2D eigenvalue weighted by Crippen LogP contribution is 2.67. The lowest BCUT2D eigenvalue weighted by molar-refractivity contribution is -0.0454. The predicted octanol–water partition coefficient (Wildman–Crippen LogP) is 9.00. The SMILES string of the molecule is C/C(=C/C=C(c1ccccc1)c1ccccc1)[C@@H]1CC[C@@H]2[C@@H]3CC=C4C[C@H](O)CC[C@]4(C)[C@H]3CC[C@@]21C. The Hall–Kier alpha value is -2.38. The van der Waals surface area contributed by atoms with E-state index in [0.29, 0.717) is 16.7 Å². The van der Waals surface area contributed by atoms with Gasteiger partial charge in [-0.25, -0.2) is 0 Å². The summed E-state index contributed by atoms with van der Waals surface area (Å²) in [6, 6.07) is 21.7. The molecule has 0 aliphatic heterocycles. The Labute approximate surface area is 224 Å². The molecule has 4 aliphatic rings. The van der Waals surface area contributed by atoms with Crippen molar-refractivity contribution in [2.75, 3.05) is 0 Å². The first-order chi connectivity index (χ1) is 17.9. The van der Waals surface area contributed by atoms with Crippen LogP contribution in [0, 0.1) is 34.5 Å². The number of rotatable bonds is 4. The van der Waals surface area contributed by atoms with Crippen molar-refractivity contribution in [3.05, 3.63) is 101 Å². The van der Waals surface area contributed by atoms with Gasteiger partial charge in [-0.2, -0.15) is 0 Å². The quantitative estimate of drug-likeness (QED) is 0.333. The highest BCUT2D eigenvalue weighted by Gasteiger charge is 2.58. The highest BCUT2D eigenvalue weighted by molar-refractivity contribution is 5.80. The van der Waals surface area contributed by atoms with Crippen molar-refractivity contribution in [3.8, 4) is 0 Å². The van der Waals surface area contributed by atoms with E-state index in [1.54, 1.807) is 11.1 Å². The fourth-order valence-electron chi connectivity index (χ4n) is 9.32. The van der Waals surface area contributed by atoms with Crippen molar-refractivity contribution in [1.29, 1.82) is 0 Å². The molecule has 0 radical (unpaired) electrons. The normalized spacial score (nSPS) is 37.1. The molecule has 0 amide bonds. The molecule has 3 fully saturated rings. The Morgan fingerprint density at radius 3 is 2.16 bits per heavy atom. The van der Waals surface area contributed by atoms with Gasteiger partial charge in [-0.3, -0.25) is 0 Å². The molecule has 2 aromatic rings. The van der Waals surface area contributed by atoms with Crippen LogP contribution in [0.4, 0.5) is 0 Å². The molecule has 1 heteroatoms. The van der Waals surface area contributed by atoms with Gasteiger partial charge in [-0.15, -0.1) is 0 Å². The first kappa shape index (κ1) is 24.9. The predicted molar refractivity (Wildman–Crippen MR) is 155 cm³/mol. The maximum Gasteiger partial charge on any atom is 0.0577 e. The largest absolute Gasteiger partial charge is 0.393 e. The van der Waals surface area contributed by atoms with Gasteiger partial charge in [0.2, 0.25) is 0 Å². The van der Waals surface area contributed by atoms with Crippen molar-refractivity contribution in [2.24, 2.45) is 34.5 Å². The molecule has 1 N–H and O–H groups in total.